The molecule has 2 aliphatic heterocycles. The number of aliphatic hydroxyl groups excluding tert-OH is 1. The Bertz CT molecular complexity index is 898. The summed E-state index contributed by atoms with van der Waals surface area (Å²) in [7, 11) is 0. The molecule has 2 aromatic carbocycles. The Kier molecular flexibility index (Phi) is 7.62. The lowest BCUT2D eigenvalue weighted by Crippen LogP contribution is -2.42. The van der Waals surface area contributed by atoms with E-state index in [9.17, 15) is 9.90 Å². The highest BCUT2D eigenvalue weighted by Gasteiger charge is 2.20. The average Bonchev–Trinajstić information content (AvgIpc) is 2.77. The van der Waals surface area contributed by atoms with Crippen LogP contribution in [0.25, 0.3) is 0 Å². The Morgan fingerprint density at radius 2 is 1.97 bits per heavy atom. The number of aliphatic hydroxyl groups is 1. The van der Waals surface area contributed by atoms with Crippen LogP contribution in [0.2, 0.25) is 5.02 Å². The molecule has 0 bridgehead atoms. The van der Waals surface area contributed by atoms with Gasteiger partial charge < -0.3 is 15.2 Å². The Hall–Kier alpha value is -1.92. The van der Waals surface area contributed by atoms with Gasteiger partial charge in [0, 0.05) is 50.0 Å². The van der Waals surface area contributed by atoms with E-state index < -0.39 is 6.10 Å². The second-order valence-corrected chi connectivity index (χ2v) is 9.16. The molecule has 4 rings (SSSR count). The molecule has 2 aromatic rings. The van der Waals surface area contributed by atoms with Crippen LogP contribution >= 0.6 is 11.6 Å². The third kappa shape index (κ3) is 6.30. The van der Waals surface area contributed by atoms with Crippen LogP contribution in [-0.2, 0) is 24.1 Å². The smallest absolute Gasteiger partial charge is 0.251 e. The van der Waals surface area contributed by atoms with E-state index in [-0.39, 0.29) is 12.5 Å². The van der Waals surface area contributed by atoms with Crippen molar-refractivity contribution in [2.45, 2.75) is 38.3 Å². The molecule has 6 heteroatoms. The zero-order chi connectivity index (χ0) is 21.6. The van der Waals surface area contributed by atoms with Crippen molar-refractivity contribution in [1.82, 2.24) is 10.2 Å². The van der Waals surface area contributed by atoms with Gasteiger partial charge in [-0.15, -0.1) is 0 Å². The van der Waals surface area contributed by atoms with Gasteiger partial charge in [-0.2, -0.15) is 0 Å². The number of amides is 1. The molecule has 166 valence electrons. The monoisotopic (exact) mass is 442 g/mol. The lowest BCUT2D eigenvalue weighted by molar-refractivity contribution is 0.0665. The topological polar surface area (TPSA) is 61.8 Å². The zero-order valence-electron chi connectivity index (χ0n) is 17.9. The van der Waals surface area contributed by atoms with Gasteiger partial charge in [-0.05, 0) is 66.5 Å². The maximum atomic E-state index is 12.7. The first kappa shape index (κ1) is 22.3. The SMILES string of the molecule is O=C(NCC(O)CN1CCc2ccccc2C1)c1cc(Cl)cc(CC2CCOCC2)c1. The van der Waals surface area contributed by atoms with Gasteiger partial charge in [0.15, 0.2) is 0 Å². The number of hydrogen-bond donors (Lipinski definition) is 2. The molecule has 0 spiro atoms. The van der Waals surface area contributed by atoms with Crippen molar-refractivity contribution >= 4 is 17.5 Å². The molecule has 1 amide bonds. The van der Waals surface area contributed by atoms with Crippen LogP contribution in [0.5, 0.6) is 0 Å². The summed E-state index contributed by atoms with van der Waals surface area (Å²) >= 11 is 6.28. The van der Waals surface area contributed by atoms with Gasteiger partial charge in [-0.25, -0.2) is 0 Å². The van der Waals surface area contributed by atoms with Gasteiger partial charge in [-0.3, -0.25) is 9.69 Å². The highest BCUT2D eigenvalue weighted by Crippen LogP contribution is 2.23. The number of halogens is 1. The normalized spacial score (nSPS) is 18.4. The van der Waals surface area contributed by atoms with E-state index in [0.717, 1.165) is 57.6 Å². The van der Waals surface area contributed by atoms with Gasteiger partial charge in [0.1, 0.15) is 0 Å². The van der Waals surface area contributed by atoms with Crippen LogP contribution in [0.4, 0.5) is 0 Å². The number of β-amino-alcohol motifs (C(OH)–C–C–N with tert-alkyl or cyclic N) is 1. The number of carbonyl (C=O) groups excluding carboxylic acids is 1. The summed E-state index contributed by atoms with van der Waals surface area (Å²) in [6, 6.07) is 14.0. The maximum absolute atomic E-state index is 12.7. The number of hydrogen-bond acceptors (Lipinski definition) is 4. The summed E-state index contributed by atoms with van der Waals surface area (Å²) in [6.07, 6.45) is 3.37. The molecule has 0 saturated carbocycles. The van der Waals surface area contributed by atoms with E-state index >= 15 is 0 Å². The molecule has 1 fully saturated rings. The van der Waals surface area contributed by atoms with Crippen molar-refractivity contribution in [3.63, 3.8) is 0 Å². The molecule has 0 radical (unpaired) electrons. The molecular weight excluding hydrogens is 412 g/mol. The lowest BCUT2D eigenvalue weighted by Gasteiger charge is -2.30. The van der Waals surface area contributed by atoms with Crippen molar-refractivity contribution in [3.05, 3.63) is 69.7 Å². The molecule has 2 aliphatic rings. The minimum Gasteiger partial charge on any atom is -0.390 e. The molecule has 0 aromatic heterocycles. The van der Waals surface area contributed by atoms with Crippen molar-refractivity contribution in [2.75, 3.05) is 32.8 Å². The molecular formula is C25H31ClN2O3. The third-order valence-corrected chi connectivity index (χ3v) is 6.48. The van der Waals surface area contributed by atoms with E-state index in [1.807, 2.05) is 12.1 Å². The minimum atomic E-state index is -0.616. The van der Waals surface area contributed by atoms with Crippen LogP contribution in [0, 0.1) is 5.92 Å². The molecule has 1 saturated heterocycles. The fourth-order valence-corrected chi connectivity index (χ4v) is 4.83. The van der Waals surface area contributed by atoms with E-state index in [4.69, 9.17) is 16.3 Å². The Labute approximate surface area is 189 Å². The zero-order valence-corrected chi connectivity index (χ0v) is 18.6. The minimum absolute atomic E-state index is 0.196. The first-order valence-electron chi connectivity index (χ1n) is 11.2. The Morgan fingerprint density at radius 1 is 1.19 bits per heavy atom. The number of rotatable bonds is 7. The number of nitrogens with zero attached hydrogens (tertiary/aromatic N) is 1. The Morgan fingerprint density at radius 3 is 2.77 bits per heavy atom. The Balaban J connectivity index is 1.28. The second-order valence-electron chi connectivity index (χ2n) is 8.73. The van der Waals surface area contributed by atoms with Gasteiger partial charge in [0.25, 0.3) is 5.91 Å². The number of benzene rings is 2. The molecule has 0 aliphatic carbocycles. The highest BCUT2D eigenvalue weighted by molar-refractivity contribution is 6.31. The lowest BCUT2D eigenvalue weighted by atomic mass is 9.92. The van der Waals surface area contributed by atoms with Crippen LogP contribution in [-0.4, -0.2) is 54.9 Å². The average molecular weight is 443 g/mol. The highest BCUT2D eigenvalue weighted by atomic mass is 35.5. The van der Waals surface area contributed by atoms with Crippen LogP contribution < -0.4 is 5.32 Å². The van der Waals surface area contributed by atoms with Crippen molar-refractivity contribution in [3.8, 4) is 0 Å². The van der Waals surface area contributed by atoms with Crippen molar-refractivity contribution in [2.24, 2.45) is 5.92 Å². The van der Waals surface area contributed by atoms with Crippen molar-refractivity contribution < 1.29 is 14.6 Å². The number of ether oxygens (including phenoxy) is 1. The van der Waals surface area contributed by atoms with Crippen LogP contribution in [0.1, 0.15) is 39.9 Å². The summed E-state index contributed by atoms with van der Waals surface area (Å²) < 4.78 is 5.43. The van der Waals surface area contributed by atoms with Gasteiger partial charge in [0.2, 0.25) is 0 Å². The fourth-order valence-electron chi connectivity index (χ4n) is 4.57. The molecule has 2 heterocycles. The summed E-state index contributed by atoms with van der Waals surface area (Å²) in [5.74, 6) is 0.374. The van der Waals surface area contributed by atoms with Gasteiger partial charge in [-0.1, -0.05) is 35.9 Å². The number of fused-ring (bicyclic) bond motifs is 1. The number of carbonyl (C=O) groups is 1. The largest absolute Gasteiger partial charge is 0.390 e. The van der Waals surface area contributed by atoms with Gasteiger partial charge >= 0.3 is 0 Å². The van der Waals surface area contributed by atoms with Crippen LogP contribution in [0.15, 0.2) is 42.5 Å². The second kappa shape index (κ2) is 10.6. The molecule has 5 nitrogen and oxygen atoms in total. The quantitative estimate of drug-likeness (QED) is 0.689. The summed E-state index contributed by atoms with van der Waals surface area (Å²) in [5.41, 5.74) is 4.34. The van der Waals surface area contributed by atoms with E-state index in [1.165, 1.54) is 11.1 Å². The third-order valence-electron chi connectivity index (χ3n) is 6.26. The molecule has 2 N–H and O–H groups in total. The molecule has 31 heavy (non-hydrogen) atoms. The predicted octanol–water partition coefficient (Wildman–Crippen LogP) is 3.46. The van der Waals surface area contributed by atoms with Crippen molar-refractivity contribution in [1.29, 1.82) is 0 Å². The van der Waals surface area contributed by atoms with Crippen LogP contribution in [0.3, 0.4) is 0 Å². The van der Waals surface area contributed by atoms with E-state index in [0.29, 0.717) is 23.0 Å². The maximum Gasteiger partial charge on any atom is 0.251 e. The fraction of sp³-hybridized carbons (Fsp3) is 0.480. The standard InChI is InChI=1S/C25H31ClN2O3/c26-23-13-19(11-18-6-9-31-10-7-18)12-22(14-23)25(30)27-15-24(29)17-28-8-5-20-3-1-2-4-21(20)16-28/h1-4,12-14,18,24,29H,5-11,15-17H2,(H,27,30). The molecule has 1 unspecified atom stereocenters. The summed E-state index contributed by atoms with van der Waals surface area (Å²) in [4.78, 5) is 14.9. The first-order chi connectivity index (χ1) is 15.1. The van der Waals surface area contributed by atoms with E-state index in [2.05, 4.69) is 34.5 Å². The predicted molar refractivity (Wildman–Crippen MR) is 122 cm³/mol. The number of nitrogens with one attached hydrogen (secondary N) is 1. The van der Waals surface area contributed by atoms with Gasteiger partial charge in [0.05, 0.1) is 6.10 Å². The summed E-state index contributed by atoms with van der Waals surface area (Å²) in [5, 5.41) is 13.9. The van der Waals surface area contributed by atoms with E-state index in [1.54, 1.807) is 6.07 Å². The first-order valence-corrected chi connectivity index (χ1v) is 11.6. The summed E-state index contributed by atoms with van der Waals surface area (Å²) in [6.45, 7) is 4.13. The molecule has 1 atom stereocenters.